The zero-order chi connectivity index (χ0) is 6.69. The largest absolute Gasteiger partial charge is 0.320 e. The highest BCUT2D eigenvalue weighted by molar-refractivity contribution is 4.84. The van der Waals surface area contributed by atoms with E-state index in [1.165, 1.54) is 13.0 Å². The van der Waals surface area contributed by atoms with Gasteiger partial charge in [-0.1, -0.05) is 6.92 Å². The van der Waals surface area contributed by atoms with Crippen LogP contribution < -0.4 is 10.6 Å². The molecule has 2 heteroatoms. The zero-order valence-corrected chi connectivity index (χ0v) is 6.28. The fourth-order valence-corrected chi connectivity index (χ4v) is 1.21. The molecule has 0 saturated carbocycles. The van der Waals surface area contributed by atoms with E-state index in [2.05, 4.69) is 17.6 Å². The van der Waals surface area contributed by atoms with Crippen LogP contribution in [0.3, 0.4) is 0 Å². The number of hydrogen-bond acceptors (Lipinski definition) is 2. The van der Waals surface area contributed by atoms with Gasteiger partial charge in [0.05, 0.1) is 0 Å². The van der Waals surface area contributed by atoms with Crippen LogP contribution in [-0.2, 0) is 0 Å². The van der Waals surface area contributed by atoms with Crippen molar-refractivity contribution >= 4 is 0 Å². The van der Waals surface area contributed by atoms with E-state index < -0.39 is 0 Å². The van der Waals surface area contributed by atoms with Gasteiger partial charge in [0.2, 0.25) is 0 Å². The topological polar surface area (TPSA) is 24.1 Å². The van der Waals surface area contributed by atoms with Gasteiger partial charge < -0.3 is 10.6 Å². The highest BCUT2D eigenvalue weighted by atomic mass is 15.0. The lowest BCUT2D eigenvalue weighted by Crippen LogP contribution is -2.52. The van der Waals surface area contributed by atoms with E-state index in [1.54, 1.807) is 0 Å². The molecule has 0 radical (unpaired) electrons. The van der Waals surface area contributed by atoms with Crippen molar-refractivity contribution in [3.63, 3.8) is 0 Å². The Labute approximate surface area is 57.0 Å². The molecule has 1 aliphatic rings. The standard InChI is InChI=1S/C7H16N2/c1-6-5-9-7(6)3-4-8-2/h6-9H,3-5H2,1-2H3/t6-,7+/m0/s1. The van der Waals surface area contributed by atoms with Gasteiger partial charge in [0, 0.05) is 6.04 Å². The quantitative estimate of drug-likeness (QED) is 0.567. The molecule has 0 bridgehead atoms. The fraction of sp³-hybridized carbons (Fsp3) is 1.00. The van der Waals surface area contributed by atoms with Crippen LogP contribution in [-0.4, -0.2) is 26.2 Å². The first kappa shape index (κ1) is 7.03. The lowest BCUT2D eigenvalue weighted by molar-refractivity contribution is 0.239. The highest BCUT2D eigenvalue weighted by Crippen LogP contribution is 2.13. The molecule has 0 aromatic carbocycles. The molecule has 1 saturated heterocycles. The summed E-state index contributed by atoms with van der Waals surface area (Å²) >= 11 is 0. The average molecular weight is 128 g/mol. The Hall–Kier alpha value is -0.0800. The van der Waals surface area contributed by atoms with Crippen LogP contribution >= 0.6 is 0 Å². The molecule has 54 valence electrons. The summed E-state index contributed by atoms with van der Waals surface area (Å²) in [6.45, 7) is 4.66. The summed E-state index contributed by atoms with van der Waals surface area (Å²) in [7, 11) is 2.00. The van der Waals surface area contributed by atoms with E-state index >= 15 is 0 Å². The fourth-order valence-electron chi connectivity index (χ4n) is 1.21. The lowest BCUT2D eigenvalue weighted by atomic mass is 9.91. The SMILES string of the molecule is CNCC[C@H]1NC[C@@H]1C. The number of hydrogen-bond donors (Lipinski definition) is 2. The Kier molecular flexibility index (Phi) is 2.49. The van der Waals surface area contributed by atoms with Gasteiger partial charge in [0.25, 0.3) is 0 Å². The third-order valence-corrected chi connectivity index (χ3v) is 2.09. The van der Waals surface area contributed by atoms with Crippen LogP contribution in [0, 0.1) is 5.92 Å². The summed E-state index contributed by atoms with van der Waals surface area (Å²) in [5.74, 6) is 0.901. The summed E-state index contributed by atoms with van der Waals surface area (Å²) < 4.78 is 0. The summed E-state index contributed by atoms with van der Waals surface area (Å²) in [6.07, 6.45) is 1.28. The van der Waals surface area contributed by atoms with Gasteiger partial charge in [-0.05, 0) is 32.5 Å². The second-order valence-electron chi connectivity index (χ2n) is 2.88. The van der Waals surface area contributed by atoms with E-state index in [1.807, 2.05) is 7.05 Å². The van der Waals surface area contributed by atoms with Gasteiger partial charge in [-0.3, -0.25) is 0 Å². The van der Waals surface area contributed by atoms with Crippen molar-refractivity contribution in [2.75, 3.05) is 20.1 Å². The van der Waals surface area contributed by atoms with Crippen molar-refractivity contribution in [2.24, 2.45) is 5.92 Å². The summed E-state index contributed by atoms with van der Waals surface area (Å²) in [5.41, 5.74) is 0. The Bertz CT molecular complexity index is 83.0. The van der Waals surface area contributed by atoms with Crippen LogP contribution in [0.25, 0.3) is 0 Å². The van der Waals surface area contributed by atoms with Gasteiger partial charge in [-0.2, -0.15) is 0 Å². The van der Waals surface area contributed by atoms with Gasteiger partial charge in [0.15, 0.2) is 0 Å². The molecule has 9 heavy (non-hydrogen) atoms. The lowest BCUT2D eigenvalue weighted by Gasteiger charge is -2.35. The van der Waals surface area contributed by atoms with Gasteiger partial charge in [-0.15, -0.1) is 0 Å². The Balaban J connectivity index is 1.99. The van der Waals surface area contributed by atoms with Crippen molar-refractivity contribution in [3.8, 4) is 0 Å². The maximum absolute atomic E-state index is 3.39. The second-order valence-corrected chi connectivity index (χ2v) is 2.88. The van der Waals surface area contributed by atoms with E-state index in [9.17, 15) is 0 Å². The van der Waals surface area contributed by atoms with E-state index in [-0.39, 0.29) is 0 Å². The minimum Gasteiger partial charge on any atom is -0.320 e. The van der Waals surface area contributed by atoms with Crippen molar-refractivity contribution in [1.29, 1.82) is 0 Å². The van der Waals surface area contributed by atoms with Gasteiger partial charge >= 0.3 is 0 Å². The summed E-state index contributed by atoms with van der Waals surface area (Å²) in [4.78, 5) is 0. The molecule has 0 unspecified atom stereocenters. The molecule has 1 aliphatic heterocycles. The van der Waals surface area contributed by atoms with Gasteiger partial charge in [0.1, 0.15) is 0 Å². The molecule has 0 aromatic heterocycles. The van der Waals surface area contributed by atoms with Gasteiger partial charge in [-0.25, -0.2) is 0 Å². The predicted octanol–water partition coefficient (Wildman–Crippen LogP) is 0.204. The van der Waals surface area contributed by atoms with Crippen LogP contribution in [0.2, 0.25) is 0 Å². The molecule has 0 aromatic rings. The summed E-state index contributed by atoms with van der Waals surface area (Å²) in [5, 5.41) is 6.54. The molecule has 0 aliphatic carbocycles. The molecule has 1 heterocycles. The zero-order valence-electron chi connectivity index (χ0n) is 6.28. The van der Waals surface area contributed by atoms with E-state index in [0.29, 0.717) is 0 Å². The minimum absolute atomic E-state index is 0.789. The maximum Gasteiger partial charge on any atom is 0.0117 e. The highest BCUT2D eigenvalue weighted by Gasteiger charge is 2.24. The van der Waals surface area contributed by atoms with Crippen LogP contribution in [0.15, 0.2) is 0 Å². The predicted molar refractivity (Wildman–Crippen MR) is 39.5 cm³/mol. The molecule has 1 rings (SSSR count). The molecular formula is C7H16N2. The molecule has 2 N–H and O–H groups in total. The molecule has 0 spiro atoms. The molecule has 2 nitrogen and oxygen atoms in total. The van der Waals surface area contributed by atoms with Crippen LogP contribution in [0.5, 0.6) is 0 Å². The molecule has 2 atom stereocenters. The average Bonchev–Trinajstić information content (AvgIpc) is 1.86. The van der Waals surface area contributed by atoms with Crippen LogP contribution in [0.4, 0.5) is 0 Å². The van der Waals surface area contributed by atoms with Crippen molar-refractivity contribution in [2.45, 2.75) is 19.4 Å². The molecular weight excluding hydrogens is 112 g/mol. The normalized spacial score (nSPS) is 34.0. The first-order valence-corrected chi connectivity index (χ1v) is 3.72. The van der Waals surface area contributed by atoms with E-state index in [4.69, 9.17) is 0 Å². The first-order chi connectivity index (χ1) is 4.34. The molecule has 0 amide bonds. The molecule has 1 fully saturated rings. The number of rotatable bonds is 3. The number of nitrogens with one attached hydrogen (secondary N) is 2. The minimum atomic E-state index is 0.789. The third kappa shape index (κ3) is 1.66. The third-order valence-electron chi connectivity index (χ3n) is 2.09. The summed E-state index contributed by atoms with van der Waals surface area (Å²) in [6, 6.07) is 0.789. The van der Waals surface area contributed by atoms with Crippen molar-refractivity contribution in [3.05, 3.63) is 0 Å². The van der Waals surface area contributed by atoms with Crippen LogP contribution in [0.1, 0.15) is 13.3 Å². The van der Waals surface area contributed by atoms with E-state index in [0.717, 1.165) is 18.5 Å². The van der Waals surface area contributed by atoms with Crippen molar-refractivity contribution < 1.29 is 0 Å². The second kappa shape index (κ2) is 3.18. The Morgan fingerprint density at radius 2 is 2.44 bits per heavy atom. The monoisotopic (exact) mass is 128 g/mol. The Morgan fingerprint density at radius 3 is 2.78 bits per heavy atom. The Morgan fingerprint density at radius 1 is 1.67 bits per heavy atom. The first-order valence-electron chi connectivity index (χ1n) is 3.72. The maximum atomic E-state index is 3.39. The van der Waals surface area contributed by atoms with Crippen molar-refractivity contribution in [1.82, 2.24) is 10.6 Å². The smallest absolute Gasteiger partial charge is 0.0117 e.